The largest absolute Gasteiger partial charge is 0.506 e. The minimum atomic E-state index is 0.00580. The highest BCUT2D eigenvalue weighted by molar-refractivity contribution is 6.36. The second kappa shape index (κ2) is 8.76. The highest BCUT2D eigenvalue weighted by Crippen LogP contribution is 2.30. The number of benzene rings is 2. The molecule has 2 aromatic carbocycles. The van der Waals surface area contributed by atoms with Gasteiger partial charge in [-0.2, -0.15) is 0 Å². The first-order chi connectivity index (χ1) is 12.6. The lowest BCUT2D eigenvalue weighted by atomic mass is 10.1. The minimum absolute atomic E-state index is 0.00580. The molecule has 1 fully saturated rings. The molecule has 2 N–H and O–H groups in total. The van der Waals surface area contributed by atoms with E-state index in [1.807, 2.05) is 12.1 Å². The van der Waals surface area contributed by atoms with Crippen molar-refractivity contribution < 1.29 is 14.7 Å². The molecule has 0 amide bonds. The molecule has 0 bridgehead atoms. The smallest absolute Gasteiger partial charge is 0.143 e. The number of phenolic OH excluding ortho intramolecular Hbond substituents is 1. The van der Waals surface area contributed by atoms with Crippen LogP contribution in [0.3, 0.4) is 0 Å². The lowest BCUT2D eigenvalue weighted by Crippen LogP contribution is -3.10. The molecule has 0 spiro atoms. The van der Waals surface area contributed by atoms with Gasteiger partial charge >= 0.3 is 0 Å². The van der Waals surface area contributed by atoms with Crippen LogP contribution in [-0.4, -0.2) is 38.1 Å². The molecular weight excluding hydrogens is 371 g/mol. The Hall–Kier alpha value is -1.75. The van der Waals surface area contributed by atoms with E-state index in [1.54, 1.807) is 19.4 Å². The van der Waals surface area contributed by atoms with Gasteiger partial charge in [-0.15, -0.1) is 0 Å². The van der Waals surface area contributed by atoms with Crippen molar-refractivity contribution in [2.75, 3.05) is 26.7 Å². The fourth-order valence-corrected chi connectivity index (χ4v) is 3.96. The Morgan fingerprint density at radius 3 is 2.73 bits per heavy atom. The molecule has 26 heavy (non-hydrogen) atoms. The Labute approximate surface area is 164 Å². The zero-order valence-corrected chi connectivity index (χ0v) is 16.2. The first-order valence-electron chi connectivity index (χ1n) is 8.75. The number of halogens is 2. The van der Waals surface area contributed by atoms with Crippen LogP contribution in [0.25, 0.3) is 0 Å². The summed E-state index contributed by atoms with van der Waals surface area (Å²) in [6.45, 7) is 2.91. The summed E-state index contributed by atoms with van der Waals surface area (Å²) in [5.74, 6) is 0.862. The van der Waals surface area contributed by atoms with Crippen LogP contribution in [0.1, 0.15) is 30.0 Å². The topological polar surface area (TPSA) is 46.3 Å². The molecule has 0 aromatic heterocycles. The van der Waals surface area contributed by atoms with Crippen LogP contribution in [0.4, 0.5) is 0 Å². The summed E-state index contributed by atoms with van der Waals surface area (Å²) in [6.07, 6.45) is 4.13. The number of quaternary nitrogens is 1. The summed E-state index contributed by atoms with van der Waals surface area (Å²) in [7, 11) is 1.68. The van der Waals surface area contributed by atoms with Gasteiger partial charge in [0.1, 0.15) is 17.5 Å². The van der Waals surface area contributed by atoms with E-state index in [1.165, 1.54) is 29.4 Å². The van der Waals surface area contributed by atoms with Crippen LogP contribution < -0.4 is 9.64 Å². The van der Waals surface area contributed by atoms with Crippen molar-refractivity contribution in [3.05, 3.63) is 57.6 Å². The Bertz CT molecular complexity index is 789. The molecule has 1 heterocycles. The van der Waals surface area contributed by atoms with E-state index >= 15 is 0 Å². The lowest BCUT2D eigenvalue weighted by Gasteiger charge is -2.24. The molecule has 0 aliphatic carbocycles. The molecule has 1 saturated heterocycles. The molecule has 0 unspecified atom stereocenters. The number of nitrogens with zero attached hydrogens (tertiary/aromatic N) is 1. The third-order valence-electron chi connectivity index (χ3n) is 4.81. The van der Waals surface area contributed by atoms with Gasteiger partial charge in [0.2, 0.25) is 0 Å². The Morgan fingerprint density at radius 2 is 2.00 bits per heavy atom. The van der Waals surface area contributed by atoms with Gasteiger partial charge in [-0.1, -0.05) is 35.3 Å². The van der Waals surface area contributed by atoms with Crippen LogP contribution in [-0.2, 0) is 0 Å². The van der Waals surface area contributed by atoms with Crippen molar-refractivity contribution in [1.29, 1.82) is 0 Å². The van der Waals surface area contributed by atoms with Crippen molar-refractivity contribution in [3.63, 3.8) is 0 Å². The van der Waals surface area contributed by atoms with E-state index in [-0.39, 0.29) is 16.8 Å². The van der Waals surface area contributed by atoms with E-state index < -0.39 is 0 Å². The summed E-state index contributed by atoms with van der Waals surface area (Å²) in [5.41, 5.74) is 1.75. The Kier molecular flexibility index (Phi) is 6.41. The molecule has 3 rings (SSSR count). The summed E-state index contributed by atoms with van der Waals surface area (Å²) in [4.78, 5) is 6.13. The van der Waals surface area contributed by atoms with E-state index in [0.29, 0.717) is 17.1 Å². The summed E-state index contributed by atoms with van der Waals surface area (Å²) >= 11 is 12.0. The first kappa shape index (κ1) is 19.0. The summed E-state index contributed by atoms with van der Waals surface area (Å²) in [6, 6.07) is 11.6. The van der Waals surface area contributed by atoms with Crippen LogP contribution in [0, 0.1) is 0 Å². The highest BCUT2D eigenvalue weighted by Gasteiger charge is 2.27. The molecule has 4 nitrogen and oxygen atoms in total. The molecule has 0 radical (unpaired) electrons. The quantitative estimate of drug-likeness (QED) is 0.737. The SMILES string of the molecule is COc1cccc([C@@H](CN=Cc2cc(Cl)cc(Cl)c2O)[NH+]2CCCC2)c1. The van der Waals surface area contributed by atoms with Gasteiger partial charge in [0, 0.05) is 35.2 Å². The molecule has 138 valence electrons. The first-order valence-corrected chi connectivity index (χ1v) is 9.50. The van der Waals surface area contributed by atoms with Crippen molar-refractivity contribution in [2.45, 2.75) is 18.9 Å². The van der Waals surface area contributed by atoms with Gasteiger partial charge < -0.3 is 14.7 Å². The average molecular weight is 394 g/mol. The fourth-order valence-electron chi connectivity index (χ4n) is 3.45. The van der Waals surface area contributed by atoms with E-state index in [2.05, 4.69) is 17.1 Å². The minimum Gasteiger partial charge on any atom is -0.506 e. The number of hydrogen-bond acceptors (Lipinski definition) is 3. The monoisotopic (exact) mass is 393 g/mol. The predicted octanol–water partition coefficient (Wildman–Crippen LogP) is 3.55. The number of aliphatic imine (C=N–C) groups is 1. The van der Waals surface area contributed by atoms with Gasteiger partial charge in [-0.25, -0.2) is 0 Å². The van der Waals surface area contributed by atoms with E-state index in [9.17, 15) is 5.11 Å². The number of methoxy groups -OCH3 is 1. The molecular formula is C20H23Cl2N2O2+. The summed E-state index contributed by atoms with van der Waals surface area (Å²) < 4.78 is 5.37. The van der Waals surface area contributed by atoms with Gasteiger partial charge in [0.25, 0.3) is 0 Å². The summed E-state index contributed by atoms with van der Waals surface area (Å²) in [5, 5.41) is 10.8. The second-order valence-corrected chi connectivity index (χ2v) is 7.36. The molecule has 0 saturated carbocycles. The van der Waals surface area contributed by atoms with Crippen molar-refractivity contribution in [3.8, 4) is 11.5 Å². The van der Waals surface area contributed by atoms with Gasteiger partial charge in [0.05, 0.1) is 31.8 Å². The van der Waals surface area contributed by atoms with E-state index in [0.717, 1.165) is 18.8 Å². The third kappa shape index (κ3) is 4.50. The Balaban J connectivity index is 1.82. The number of rotatable bonds is 6. The maximum Gasteiger partial charge on any atom is 0.143 e. The van der Waals surface area contributed by atoms with Gasteiger partial charge in [0.15, 0.2) is 0 Å². The molecule has 2 aromatic rings. The van der Waals surface area contributed by atoms with Crippen LogP contribution in [0.15, 0.2) is 41.4 Å². The van der Waals surface area contributed by atoms with Crippen LogP contribution in [0.5, 0.6) is 11.5 Å². The normalized spacial score (nSPS) is 16.3. The zero-order valence-electron chi connectivity index (χ0n) is 14.7. The second-order valence-electron chi connectivity index (χ2n) is 6.51. The van der Waals surface area contributed by atoms with Crippen molar-refractivity contribution >= 4 is 29.4 Å². The number of nitrogens with one attached hydrogen (secondary N) is 1. The maximum absolute atomic E-state index is 10.1. The van der Waals surface area contributed by atoms with Crippen LogP contribution >= 0.6 is 23.2 Å². The highest BCUT2D eigenvalue weighted by atomic mass is 35.5. The number of aromatic hydroxyl groups is 1. The molecule has 6 heteroatoms. The van der Waals surface area contributed by atoms with Crippen LogP contribution in [0.2, 0.25) is 10.0 Å². The maximum atomic E-state index is 10.1. The number of hydrogen-bond donors (Lipinski definition) is 2. The zero-order chi connectivity index (χ0) is 18.5. The van der Waals surface area contributed by atoms with E-state index in [4.69, 9.17) is 27.9 Å². The van der Waals surface area contributed by atoms with Gasteiger partial charge in [-0.05, 0) is 24.3 Å². The average Bonchev–Trinajstić information content (AvgIpc) is 3.17. The lowest BCUT2D eigenvalue weighted by molar-refractivity contribution is -0.918. The number of phenols is 1. The van der Waals surface area contributed by atoms with Gasteiger partial charge in [-0.3, -0.25) is 4.99 Å². The standard InChI is InChI=1S/C20H22Cl2N2O2/c1-26-17-6-4-5-14(10-17)19(24-7-2-3-8-24)13-23-12-15-9-16(21)11-18(22)20(15)25/h4-6,9-12,19,25H,2-3,7-8,13H2,1H3/p+1/t19-/m1/s1. The molecule has 1 aliphatic rings. The predicted molar refractivity (Wildman–Crippen MR) is 106 cm³/mol. The molecule has 1 aliphatic heterocycles. The molecule has 1 atom stereocenters. The third-order valence-corrected chi connectivity index (χ3v) is 5.32. The fraction of sp³-hybridized carbons (Fsp3) is 0.350. The number of likely N-dealkylation sites (tertiary alicyclic amines) is 1. The van der Waals surface area contributed by atoms with Crippen molar-refractivity contribution in [2.24, 2.45) is 4.99 Å². The number of ether oxygens (including phenoxy) is 1. The Morgan fingerprint density at radius 1 is 1.23 bits per heavy atom. The van der Waals surface area contributed by atoms with Crippen molar-refractivity contribution in [1.82, 2.24) is 0 Å².